The highest BCUT2D eigenvalue weighted by atomic mass is 19.4. The number of aromatic nitrogens is 2. The van der Waals surface area contributed by atoms with E-state index in [9.17, 15) is 18.0 Å². The average Bonchev–Trinajstić information content (AvgIpc) is 3.09. The van der Waals surface area contributed by atoms with Crippen LogP contribution in [-0.4, -0.2) is 15.6 Å². The molecule has 1 aromatic heterocycles. The van der Waals surface area contributed by atoms with Gasteiger partial charge in [0.1, 0.15) is 0 Å². The van der Waals surface area contributed by atoms with Crippen molar-refractivity contribution in [2.75, 3.05) is 0 Å². The lowest BCUT2D eigenvalue weighted by molar-refractivity contribution is -0.137. The van der Waals surface area contributed by atoms with Crippen molar-refractivity contribution in [1.82, 2.24) is 9.78 Å². The Labute approximate surface area is 142 Å². The van der Waals surface area contributed by atoms with E-state index in [1.807, 2.05) is 30.3 Å². The van der Waals surface area contributed by atoms with Gasteiger partial charge in [0.2, 0.25) is 0 Å². The number of hydrogen-bond donors (Lipinski definition) is 0. The zero-order valence-corrected chi connectivity index (χ0v) is 12.9. The second-order valence-electron chi connectivity index (χ2n) is 5.33. The van der Waals surface area contributed by atoms with E-state index in [4.69, 9.17) is 0 Å². The topological polar surface area (TPSA) is 34.9 Å². The number of carbonyl (C=O) groups is 1. The first-order chi connectivity index (χ1) is 11.9. The predicted octanol–water partition coefficient (Wildman–Crippen LogP) is 4.79. The zero-order chi connectivity index (χ0) is 17.9. The number of rotatable bonds is 4. The molecule has 1 heterocycles. The van der Waals surface area contributed by atoms with E-state index in [1.165, 1.54) is 18.2 Å². The first-order valence-electron chi connectivity index (χ1n) is 7.43. The third-order valence-electron chi connectivity index (χ3n) is 3.55. The Hall–Kier alpha value is -3.15. The minimum atomic E-state index is -4.41. The van der Waals surface area contributed by atoms with Gasteiger partial charge in [0.25, 0.3) is 0 Å². The molecular formula is C19H13F3N2O. The third-order valence-corrected chi connectivity index (χ3v) is 3.55. The first-order valence-corrected chi connectivity index (χ1v) is 7.43. The van der Waals surface area contributed by atoms with Crippen LogP contribution in [0.1, 0.15) is 21.5 Å². The van der Waals surface area contributed by atoms with Crippen LogP contribution in [0.3, 0.4) is 0 Å². The van der Waals surface area contributed by atoms with Crippen molar-refractivity contribution in [2.45, 2.75) is 6.18 Å². The molecule has 0 unspecified atom stereocenters. The van der Waals surface area contributed by atoms with Crippen LogP contribution in [0.15, 0.2) is 73.1 Å². The lowest BCUT2D eigenvalue weighted by atomic mass is 10.1. The first kappa shape index (κ1) is 16.7. The third kappa shape index (κ3) is 4.03. The van der Waals surface area contributed by atoms with E-state index in [-0.39, 0.29) is 11.3 Å². The Bertz CT molecular complexity index is 894. The number of carbonyl (C=O) groups excluding carboxylic acids is 1. The highest BCUT2D eigenvalue weighted by Crippen LogP contribution is 2.29. The Kier molecular flexibility index (Phi) is 4.52. The number of hydrogen-bond acceptors (Lipinski definition) is 2. The zero-order valence-electron chi connectivity index (χ0n) is 12.9. The molecule has 0 spiro atoms. The quantitative estimate of drug-likeness (QED) is 0.505. The van der Waals surface area contributed by atoms with Crippen LogP contribution in [0.4, 0.5) is 13.2 Å². The fraction of sp³-hybridized carbons (Fsp3) is 0.0526. The Morgan fingerprint density at radius 1 is 1.00 bits per heavy atom. The van der Waals surface area contributed by atoms with Gasteiger partial charge in [-0.25, -0.2) is 4.68 Å². The molecule has 0 aliphatic carbocycles. The Morgan fingerprint density at radius 3 is 2.32 bits per heavy atom. The maximum Gasteiger partial charge on any atom is 0.416 e. The summed E-state index contributed by atoms with van der Waals surface area (Å²) >= 11 is 0. The number of halogens is 3. The fourth-order valence-corrected chi connectivity index (χ4v) is 2.24. The maximum atomic E-state index is 12.5. The van der Waals surface area contributed by atoms with Gasteiger partial charge in [-0.1, -0.05) is 30.3 Å². The van der Waals surface area contributed by atoms with Gasteiger partial charge in [0, 0.05) is 17.3 Å². The molecule has 0 radical (unpaired) electrons. The molecule has 2 aromatic carbocycles. The Balaban J connectivity index is 1.72. The standard InChI is InChI=1S/C19H13F3N2O/c20-19(21,22)16-9-7-15(8-10-16)18(25)11-6-14-12-23-24(13-14)17-4-2-1-3-5-17/h1-13H/b11-6-. The van der Waals surface area contributed by atoms with Gasteiger partial charge in [-0.15, -0.1) is 0 Å². The molecule has 0 fully saturated rings. The van der Waals surface area contributed by atoms with Crippen molar-refractivity contribution >= 4 is 11.9 Å². The number of benzene rings is 2. The molecule has 0 N–H and O–H groups in total. The lowest BCUT2D eigenvalue weighted by Gasteiger charge is -2.06. The van der Waals surface area contributed by atoms with E-state index in [1.54, 1.807) is 23.2 Å². The van der Waals surface area contributed by atoms with E-state index in [0.29, 0.717) is 5.56 Å². The second kappa shape index (κ2) is 6.76. The summed E-state index contributed by atoms with van der Waals surface area (Å²) in [4.78, 5) is 12.1. The summed E-state index contributed by atoms with van der Waals surface area (Å²) in [7, 11) is 0. The molecule has 0 amide bonds. The molecule has 3 nitrogen and oxygen atoms in total. The molecule has 0 aliphatic heterocycles. The molecule has 0 saturated carbocycles. The molecule has 25 heavy (non-hydrogen) atoms. The van der Waals surface area contributed by atoms with Crippen molar-refractivity contribution in [2.24, 2.45) is 0 Å². The number of allylic oxidation sites excluding steroid dienone is 1. The van der Waals surface area contributed by atoms with Crippen molar-refractivity contribution in [1.29, 1.82) is 0 Å². The van der Waals surface area contributed by atoms with Crippen molar-refractivity contribution < 1.29 is 18.0 Å². The molecule has 0 atom stereocenters. The number of para-hydroxylation sites is 1. The molecule has 3 aromatic rings. The van der Waals surface area contributed by atoms with Crippen LogP contribution in [0.25, 0.3) is 11.8 Å². The molecule has 3 rings (SSSR count). The highest BCUT2D eigenvalue weighted by molar-refractivity contribution is 6.06. The van der Waals surface area contributed by atoms with Gasteiger partial charge in [-0.3, -0.25) is 4.79 Å². The van der Waals surface area contributed by atoms with Crippen molar-refractivity contribution in [3.05, 3.63) is 89.8 Å². The summed E-state index contributed by atoms with van der Waals surface area (Å²) in [5.74, 6) is -0.374. The molecular weight excluding hydrogens is 329 g/mol. The number of nitrogens with zero attached hydrogens (tertiary/aromatic N) is 2. The van der Waals surface area contributed by atoms with Gasteiger partial charge in [0.15, 0.2) is 5.78 Å². The van der Waals surface area contributed by atoms with Crippen LogP contribution in [0, 0.1) is 0 Å². The lowest BCUT2D eigenvalue weighted by Crippen LogP contribution is -2.05. The minimum Gasteiger partial charge on any atom is -0.289 e. The maximum absolute atomic E-state index is 12.5. The van der Waals surface area contributed by atoms with Crippen LogP contribution in [0.2, 0.25) is 0 Å². The van der Waals surface area contributed by atoms with Crippen LogP contribution < -0.4 is 0 Å². The number of alkyl halides is 3. The SMILES string of the molecule is O=C(/C=C\c1cnn(-c2ccccc2)c1)c1ccc(C(F)(F)F)cc1. The number of ketones is 1. The van der Waals surface area contributed by atoms with Crippen LogP contribution in [0.5, 0.6) is 0 Å². The average molecular weight is 342 g/mol. The van der Waals surface area contributed by atoms with E-state index in [2.05, 4.69) is 5.10 Å². The van der Waals surface area contributed by atoms with Gasteiger partial charge < -0.3 is 0 Å². The monoisotopic (exact) mass is 342 g/mol. The second-order valence-corrected chi connectivity index (χ2v) is 5.33. The van der Waals surface area contributed by atoms with Gasteiger partial charge in [-0.2, -0.15) is 18.3 Å². The minimum absolute atomic E-state index is 0.194. The largest absolute Gasteiger partial charge is 0.416 e. The summed E-state index contributed by atoms with van der Waals surface area (Å²) < 4.78 is 39.2. The Morgan fingerprint density at radius 2 is 1.68 bits per heavy atom. The van der Waals surface area contributed by atoms with Gasteiger partial charge >= 0.3 is 6.18 Å². The van der Waals surface area contributed by atoms with Crippen molar-refractivity contribution in [3.8, 4) is 5.69 Å². The van der Waals surface area contributed by atoms with E-state index < -0.39 is 11.7 Å². The summed E-state index contributed by atoms with van der Waals surface area (Å²) in [6, 6.07) is 13.6. The predicted molar refractivity (Wildman–Crippen MR) is 88.4 cm³/mol. The van der Waals surface area contributed by atoms with Crippen LogP contribution >= 0.6 is 0 Å². The smallest absolute Gasteiger partial charge is 0.289 e. The normalized spacial score (nSPS) is 11.8. The highest BCUT2D eigenvalue weighted by Gasteiger charge is 2.30. The molecule has 0 aliphatic rings. The summed E-state index contributed by atoms with van der Waals surface area (Å²) in [6.07, 6.45) is 1.83. The van der Waals surface area contributed by atoms with Gasteiger partial charge in [0.05, 0.1) is 17.4 Å². The molecule has 0 bridgehead atoms. The molecule has 6 heteroatoms. The van der Waals surface area contributed by atoms with Crippen molar-refractivity contribution in [3.63, 3.8) is 0 Å². The summed E-state index contributed by atoms with van der Waals surface area (Å²) in [5, 5.41) is 4.20. The van der Waals surface area contributed by atoms with Crippen LogP contribution in [-0.2, 0) is 6.18 Å². The summed E-state index contributed by atoms with van der Waals surface area (Å²) in [6.45, 7) is 0. The molecule has 126 valence electrons. The van der Waals surface area contributed by atoms with E-state index in [0.717, 1.165) is 17.8 Å². The summed E-state index contributed by atoms with van der Waals surface area (Å²) in [5.41, 5.74) is 1.01. The van der Waals surface area contributed by atoms with E-state index >= 15 is 0 Å². The fourth-order valence-electron chi connectivity index (χ4n) is 2.24. The van der Waals surface area contributed by atoms with Gasteiger partial charge in [-0.05, 0) is 36.4 Å². The molecule has 0 saturated heterocycles.